The van der Waals surface area contributed by atoms with E-state index in [1.165, 1.54) is 0 Å². The zero-order valence-electron chi connectivity index (χ0n) is 11.3. The molecule has 1 aliphatic carbocycles. The number of hydrogen-bond donors (Lipinski definition) is 1. The van der Waals surface area contributed by atoms with Gasteiger partial charge in [-0.3, -0.25) is 0 Å². The van der Waals surface area contributed by atoms with Crippen LogP contribution in [0, 0.1) is 11.8 Å². The van der Waals surface area contributed by atoms with E-state index in [1.54, 1.807) is 23.1 Å². The number of nitrogens with zero attached hydrogens (tertiary/aromatic N) is 6. The van der Waals surface area contributed by atoms with Gasteiger partial charge in [0, 0.05) is 31.4 Å². The summed E-state index contributed by atoms with van der Waals surface area (Å²) in [5.74, 6) is 1.80. The van der Waals surface area contributed by atoms with Crippen molar-refractivity contribution in [3.63, 3.8) is 0 Å². The van der Waals surface area contributed by atoms with Crippen molar-refractivity contribution in [3.8, 4) is 5.95 Å². The highest BCUT2D eigenvalue weighted by atomic mass is 35.5. The van der Waals surface area contributed by atoms with Crippen LogP contribution in [-0.4, -0.2) is 49.0 Å². The molecule has 1 saturated heterocycles. The number of hydrogen-bond acceptors (Lipinski definition) is 6. The van der Waals surface area contributed by atoms with E-state index in [9.17, 15) is 5.11 Å². The van der Waals surface area contributed by atoms with Crippen LogP contribution in [0.2, 0.25) is 5.28 Å². The number of aromatic nitrogens is 5. The molecule has 2 aromatic heterocycles. The first-order valence-electron chi connectivity index (χ1n) is 7.05. The summed E-state index contributed by atoms with van der Waals surface area (Å²) in [4.78, 5) is 14.9. The lowest BCUT2D eigenvalue weighted by atomic mass is 10.00. The van der Waals surface area contributed by atoms with E-state index >= 15 is 0 Å². The first kappa shape index (κ1) is 13.0. The molecule has 0 bridgehead atoms. The molecule has 2 aromatic rings. The van der Waals surface area contributed by atoms with E-state index < -0.39 is 0 Å². The molecule has 0 spiro atoms. The van der Waals surface area contributed by atoms with Crippen LogP contribution in [0.5, 0.6) is 0 Å². The van der Waals surface area contributed by atoms with Gasteiger partial charge in [0.05, 0.1) is 6.10 Å². The van der Waals surface area contributed by atoms with Gasteiger partial charge in [0.2, 0.25) is 11.2 Å². The first-order valence-corrected chi connectivity index (χ1v) is 7.43. The normalized spacial score (nSPS) is 28.1. The van der Waals surface area contributed by atoms with E-state index in [4.69, 9.17) is 11.6 Å². The molecule has 2 fully saturated rings. The number of aliphatic hydroxyl groups is 1. The summed E-state index contributed by atoms with van der Waals surface area (Å²) in [5, 5.41) is 14.3. The fourth-order valence-electron chi connectivity index (χ4n) is 3.36. The molecule has 0 aromatic carbocycles. The maximum atomic E-state index is 10.0. The van der Waals surface area contributed by atoms with Crippen LogP contribution in [0.3, 0.4) is 0 Å². The van der Waals surface area contributed by atoms with E-state index in [1.807, 2.05) is 0 Å². The van der Waals surface area contributed by atoms with Crippen LogP contribution in [-0.2, 0) is 0 Å². The van der Waals surface area contributed by atoms with Crippen LogP contribution < -0.4 is 4.90 Å². The Kier molecular flexibility index (Phi) is 3.04. The Morgan fingerprint density at radius 3 is 2.76 bits per heavy atom. The Balaban J connectivity index is 1.64. The summed E-state index contributed by atoms with van der Waals surface area (Å²) in [6, 6.07) is 1.80. The van der Waals surface area contributed by atoms with Crippen molar-refractivity contribution < 1.29 is 5.11 Å². The maximum absolute atomic E-state index is 10.0. The highest BCUT2D eigenvalue weighted by Gasteiger charge is 2.42. The van der Waals surface area contributed by atoms with Gasteiger partial charge in [-0.15, -0.1) is 0 Å². The first-order chi connectivity index (χ1) is 10.2. The number of halogens is 1. The number of rotatable bonds is 2. The highest BCUT2D eigenvalue weighted by Crippen LogP contribution is 2.39. The minimum Gasteiger partial charge on any atom is -0.393 e. The minimum atomic E-state index is -0.206. The topological polar surface area (TPSA) is 80.0 Å². The van der Waals surface area contributed by atoms with Gasteiger partial charge in [-0.05, 0) is 36.4 Å². The Hall–Kier alpha value is -1.73. The molecule has 1 saturated carbocycles. The largest absolute Gasteiger partial charge is 0.393 e. The van der Waals surface area contributed by atoms with Crippen LogP contribution in [0.4, 0.5) is 5.95 Å². The van der Waals surface area contributed by atoms with Gasteiger partial charge in [-0.25, -0.2) is 4.68 Å². The Morgan fingerprint density at radius 1 is 1.14 bits per heavy atom. The fourth-order valence-corrected chi connectivity index (χ4v) is 3.51. The van der Waals surface area contributed by atoms with Gasteiger partial charge in [0.25, 0.3) is 5.95 Å². The molecule has 1 N–H and O–H groups in total. The second kappa shape index (κ2) is 4.92. The van der Waals surface area contributed by atoms with Crippen molar-refractivity contribution in [2.24, 2.45) is 11.8 Å². The van der Waals surface area contributed by atoms with Gasteiger partial charge >= 0.3 is 0 Å². The highest BCUT2D eigenvalue weighted by molar-refractivity contribution is 6.28. The number of anilines is 1. The van der Waals surface area contributed by atoms with Gasteiger partial charge in [-0.1, -0.05) is 0 Å². The van der Waals surface area contributed by atoms with Gasteiger partial charge in [0.15, 0.2) is 0 Å². The summed E-state index contributed by atoms with van der Waals surface area (Å²) in [5.41, 5.74) is 0. The lowest BCUT2D eigenvalue weighted by molar-refractivity contribution is 0.133. The SMILES string of the molecule is OC1CCC2CN(c3nc(Cl)nc(-n4cccn4)n3)CC12. The molecule has 21 heavy (non-hydrogen) atoms. The van der Waals surface area contributed by atoms with E-state index in [0.717, 1.165) is 25.9 Å². The Labute approximate surface area is 126 Å². The molecule has 110 valence electrons. The molecule has 8 heteroatoms. The van der Waals surface area contributed by atoms with E-state index in [2.05, 4.69) is 25.0 Å². The monoisotopic (exact) mass is 306 g/mol. The van der Waals surface area contributed by atoms with E-state index in [0.29, 0.717) is 23.7 Å². The molecule has 1 aliphatic heterocycles. The molecule has 2 aliphatic rings. The summed E-state index contributed by atoms with van der Waals surface area (Å²) in [6.45, 7) is 1.63. The second-order valence-electron chi connectivity index (χ2n) is 5.63. The summed E-state index contributed by atoms with van der Waals surface area (Å²) < 4.78 is 1.56. The predicted molar refractivity (Wildman–Crippen MR) is 76.4 cm³/mol. The quantitative estimate of drug-likeness (QED) is 0.888. The van der Waals surface area contributed by atoms with Gasteiger partial charge in [-0.2, -0.15) is 20.1 Å². The summed E-state index contributed by atoms with van der Waals surface area (Å²) in [7, 11) is 0. The molecule has 0 amide bonds. The third-order valence-corrected chi connectivity index (χ3v) is 4.56. The molecular weight excluding hydrogens is 292 g/mol. The predicted octanol–water partition coefficient (Wildman–Crippen LogP) is 0.918. The number of fused-ring (bicyclic) bond motifs is 1. The average Bonchev–Trinajstić information content (AvgIpc) is 3.17. The number of aliphatic hydroxyl groups excluding tert-OH is 1. The smallest absolute Gasteiger partial charge is 0.256 e. The zero-order valence-corrected chi connectivity index (χ0v) is 12.1. The van der Waals surface area contributed by atoms with Crippen LogP contribution in [0.1, 0.15) is 12.8 Å². The fraction of sp³-hybridized carbons (Fsp3) is 0.538. The maximum Gasteiger partial charge on any atom is 0.256 e. The van der Waals surface area contributed by atoms with Crippen molar-refractivity contribution in [3.05, 3.63) is 23.7 Å². The van der Waals surface area contributed by atoms with Crippen molar-refractivity contribution in [1.29, 1.82) is 0 Å². The summed E-state index contributed by atoms with van der Waals surface area (Å²) in [6.07, 6.45) is 5.18. The van der Waals surface area contributed by atoms with Crippen LogP contribution >= 0.6 is 11.6 Å². The molecule has 0 radical (unpaired) electrons. The third-order valence-electron chi connectivity index (χ3n) is 4.40. The zero-order chi connectivity index (χ0) is 14.4. The van der Waals surface area contributed by atoms with Crippen molar-refractivity contribution >= 4 is 17.5 Å². The minimum absolute atomic E-state index is 0.156. The molecule has 4 rings (SSSR count). The van der Waals surface area contributed by atoms with Gasteiger partial charge in [0.1, 0.15) is 0 Å². The lowest BCUT2D eigenvalue weighted by Gasteiger charge is -2.18. The molecule has 3 heterocycles. The molecule has 3 atom stereocenters. The molecular formula is C13H15ClN6O. The standard InChI is InChI=1S/C13H15ClN6O/c14-11-16-12(18-13(17-11)20-5-1-4-15-20)19-6-8-2-3-10(21)9(8)7-19/h1,4-5,8-10,21H,2-3,6-7H2. The summed E-state index contributed by atoms with van der Waals surface area (Å²) >= 11 is 6.02. The van der Waals surface area contributed by atoms with Crippen molar-refractivity contribution in [2.45, 2.75) is 18.9 Å². The van der Waals surface area contributed by atoms with Crippen LogP contribution in [0.15, 0.2) is 18.5 Å². The van der Waals surface area contributed by atoms with Crippen molar-refractivity contribution in [1.82, 2.24) is 24.7 Å². The van der Waals surface area contributed by atoms with Gasteiger partial charge < -0.3 is 10.0 Å². The van der Waals surface area contributed by atoms with E-state index in [-0.39, 0.29) is 11.4 Å². The average molecular weight is 307 g/mol. The third kappa shape index (κ3) is 2.26. The molecule has 3 unspecified atom stereocenters. The molecule has 7 nitrogen and oxygen atoms in total. The Bertz CT molecular complexity index is 648. The van der Waals surface area contributed by atoms with Crippen LogP contribution in [0.25, 0.3) is 5.95 Å². The second-order valence-corrected chi connectivity index (χ2v) is 5.97. The lowest BCUT2D eigenvalue weighted by Crippen LogP contribution is -2.26. The Morgan fingerprint density at radius 2 is 2.00 bits per heavy atom. The van der Waals surface area contributed by atoms with Crippen molar-refractivity contribution in [2.75, 3.05) is 18.0 Å².